The van der Waals surface area contributed by atoms with Crippen LogP contribution in [0.15, 0.2) is 18.2 Å². The van der Waals surface area contributed by atoms with E-state index in [-0.39, 0.29) is 6.54 Å². The highest BCUT2D eigenvalue weighted by Gasteiger charge is 2.13. The fourth-order valence-electron chi connectivity index (χ4n) is 1.35. The number of halogens is 2. The lowest BCUT2D eigenvalue weighted by Gasteiger charge is -2.07. The zero-order chi connectivity index (χ0) is 15.0. The summed E-state index contributed by atoms with van der Waals surface area (Å²) in [6.07, 6.45) is 1.10. The van der Waals surface area contributed by atoms with Crippen LogP contribution in [-0.4, -0.2) is 31.3 Å². The Morgan fingerprint density at radius 3 is 2.30 bits per heavy atom. The Balaban J connectivity index is 2.41. The third kappa shape index (κ3) is 5.90. The van der Waals surface area contributed by atoms with Gasteiger partial charge in [-0.25, -0.2) is 0 Å². The number of amides is 3. The minimum absolute atomic E-state index is 0.281. The highest BCUT2D eigenvalue weighted by atomic mass is 35.5. The molecule has 0 aliphatic carbocycles. The highest BCUT2D eigenvalue weighted by Crippen LogP contribution is 2.22. The number of benzene rings is 1. The third-order valence-corrected chi connectivity index (χ3v) is 2.63. The van der Waals surface area contributed by atoms with Crippen LogP contribution in [-0.2, 0) is 14.4 Å². The van der Waals surface area contributed by atoms with Gasteiger partial charge in [0.15, 0.2) is 0 Å². The van der Waals surface area contributed by atoms with Gasteiger partial charge < -0.3 is 16.0 Å². The molecule has 20 heavy (non-hydrogen) atoms. The Bertz CT molecular complexity index is 488. The first-order valence-corrected chi connectivity index (χ1v) is 6.51. The molecule has 0 saturated heterocycles. The molecule has 108 valence electrons. The average molecular weight is 318 g/mol. The summed E-state index contributed by atoms with van der Waals surface area (Å²) in [5.74, 6) is -1.58. The molecule has 6 nitrogen and oxygen atoms in total. The van der Waals surface area contributed by atoms with Gasteiger partial charge in [0.05, 0.1) is 0 Å². The Morgan fingerprint density at radius 1 is 1.05 bits per heavy atom. The molecule has 0 aliphatic rings. The van der Waals surface area contributed by atoms with E-state index in [1.807, 2.05) is 0 Å². The zero-order valence-corrected chi connectivity index (χ0v) is 11.9. The van der Waals surface area contributed by atoms with Crippen molar-refractivity contribution in [3.05, 3.63) is 28.2 Å². The fourth-order valence-corrected chi connectivity index (χ4v) is 1.87. The van der Waals surface area contributed by atoms with Gasteiger partial charge in [0, 0.05) is 28.8 Å². The molecule has 0 aliphatic heterocycles. The molecule has 0 saturated carbocycles. The van der Waals surface area contributed by atoms with Crippen molar-refractivity contribution in [2.75, 3.05) is 18.4 Å². The van der Waals surface area contributed by atoms with Crippen LogP contribution in [0.2, 0.25) is 10.0 Å². The second-order valence-electron chi connectivity index (χ2n) is 3.79. The number of carbonyl (C=O) groups is 3. The molecular weight excluding hydrogens is 305 g/mol. The van der Waals surface area contributed by atoms with Gasteiger partial charge in [-0.15, -0.1) is 0 Å². The molecule has 0 unspecified atom stereocenters. The van der Waals surface area contributed by atoms with E-state index in [1.54, 1.807) is 0 Å². The second kappa shape index (κ2) is 8.39. The number of carbonyl (C=O) groups excluding carboxylic acids is 3. The normalized spacial score (nSPS) is 9.70. The minimum Gasteiger partial charge on any atom is -0.359 e. The molecule has 3 N–H and O–H groups in total. The maximum absolute atomic E-state index is 11.6. The van der Waals surface area contributed by atoms with Gasteiger partial charge in [0.1, 0.15) is 0 Å². The van der Waals surface area contributed by atoms with Crippen molar-refractivity contribution in [3.8, 4) is 0 Å². The number of rotatable bonds is 6. The topological polar surface area (TPSA) is 87.3 Å². The van der Waals surface area contributed by atoms with E-state index < -0.39 is 11.8 Å². The van der Waals surface area contributed by atoms with E-state index in [0.29, 0.717) is 35.1 Å². The highest BCUT2D eigenvalue weighted by molar-refractivity contribution is 6.40. The van der Waals surface area contributed by atoms with Crippen molar-refractivity contribution in [2.24, 2.45) is 0 Å². The molecule has 1 aromatic rings. The standard InChI is InChI=1S/C12H13Cl2N3O3/c13-8-4-9(14)6-10(5-8)17-12(20)11(19)16-3-1-2-15-7-18/h4-7H,1-3H2,(H,15,18)(H,16,19)(H,17,20). The van der Waals surface area contributed by atoms with Crippen molar-refractivity contribution in [1.82, 2.24) is 10.6 Å². The predicted octanol–water partition coefficient (Wildman–Crippen LogP) is 1.18. The van der Waals surface area contributed by atoms with Crippen LogP contribution in [0.4, 0.5) is 5.69 Å². The number of hydrogen-bond acceptors (Lipinski definition) is 3. The van der Waals surface area contributed by atoms with Crippen LogP contribution < -0.4 is 16.0 Å². The molecule has 0 spiro atoms. The SMILES string of the molecule is O=CNCCCNC(=O)C(=O)Nc1cc(Cl)cc(Cl)c1. The molecule has 0 aromatic heterocycles. The van der Waals surface area contributed by atoms with E-state index in [4.69, 9.17) is 23.2 Å². The van der Waals surface area contributed by atoms with Gasteiger partial charge in [0.25, 0.3) is 0 Å². The van der Waals surface area contributed by atoms with E-state index in [9.17, 15) is 14.4 Å². The van der Waals surface area contributed by atoms with Crippen molar-refractivity contribution in [3.63, 3.8) is 0 Å². The average Bonchev–Trinajstić information content (AvgIpc) is 2.36. The summed E-state index contributed by atoms with van der Waals surface area (Å²) in [5, 5.41) is 7.95. The molecular formula is C12H13Cl2N3O3. The Hall–Kier alpha value is -1.79. The fraction of sp³-hybridized carbons (Fsp3) is 0.250. The van der Waals surface area contributed by atoms with Gasteiger partial charge in [-0.1, -0.05) is 23.2 Å². The lowest BCUT2D eigenvalue weighted by Crippen LogP contribution is -2.36. The summed E-state index contributed by atoms with van der Waals surface area (Å²) in [4.78, 5) is 33.0. The summed E-state index contributed by atoms with van der Waals surface area (Å²) >= 11 is 11.5. The van der Waals surface area contributed by atoms with E-state index >= 15 is 0 Å². The van der Waals surface area contributed by atoms with Crippen LogP contribution in [0.1, 0.15) is 6.42 Å². The van der Waals surface area contributed by atoms with Gasteiger partial charge in [0.2, 0.25) is 6.41 Å². The van der Waals surface area contributed by atoms with Crippen molar-refractivity contribution < 1.29 is 14.4 Å². The van der Waals surface area contributed by atoms with Crippen molar-refractivity contribution in [1.29, 1.82) is 0 Å². The van der Waals surface area contributed by atoms with Crippen LogP contribution in [0.5, 0.6) is 0 Å². The smallest absolute Gasteiger partial charge is 0.313 e. The molecule has 0 bridgehead atoms. The zero-order valence-electron chi connectivity index (χ0n) is 10.4. The minimum atomic E-state index is -0.813. The number of nitrogens with one attached hydrogen (secondary N) is 3. The van der Waals surface area contributed by atoms with Crippen molar-refractivity contribution >= 4 is 47.1 Å². The Labute approximate surface area is 125 Å². The van der Waals surface area contributed by atoms with Gasteiger partial charge in [-0.3, -0.25) is 14.4 Å². The molecule has 0 fully saturated rings. The second-order valence-corrected chi connectivity index (χ2v) is 4.67. The monoisotopic (exact) mass is 317 g/mol. The lowest BCUT2D eigenvalue weighted by atomic mass is 10.3. The third-order valence-electron chi connectivity index (χ3n) is 2.19. The summed E-state index contributed by atoms with van der Waals surface area (Å²) in [6, 6.07) is 4.47. The molecule has 0 radical (unpaired) electrons. The molecule has 1 aromatic carbocycles. The first-order chi connectivity index (χ1) is 9.52. The van der Waals surface area contributed by atoms with Crippen LogP contribution >= 0.6 is 23.2 Å². The molecule has 3 amide bonds. The van der Waals surface area contributed by atoms with Crippen LogP contribution in [0.3, 0.4) is 0 Å². The first-order valence-electron chi connectivity index (χ1n) is 5.75. The van der Waals surface area contributed by atoms with E-state index in [0.717, 1.165) is 0 Å². The molecule has 0 atom stereocenters. The number of hydrogen-bond donors (Lipinski definition) is 3. The first kappa shape index (κ1) is 16.3. The van der Waals surface area contributed by atoms with E-state index in [2.05, 4.69) is 16.0 Å². The van der Waals surface area contributed by atoms with Gasteiger partial charge in [-0.05, 0) is 24.6 Å². The summed E-state index contributed by atoms with van der Waals surface area (Å²) < 4.78 is 0. The number of anilines is 1. The van der Waals surface area contributed by atoms with Crippen molar-refractivity contribution in [2.45, 2.75) is 6.42 Å². The summed E-state index contributed by atoms with van der Waals surface area (Å²) in [7, 11) is 0. The van der Waals surface area contributed by atoms with E-state index in [1.165, 1.54) is 18.2 Å². The molecule has 1 rings (SSSR count). The van der Waals surface area contributed by atoms with Crippen LogP contribution in [0.25, 0.3) is 0 Å². The molecule has 8 heteroatoms. The predicted molar refractivity (Wildman–Crippen MR) is 76.8 cm³/mol. The molecule has 0 heterocycles. The Morgan fingerprint density at radius 2 is 1.70 bits per heavy atom. The summed E-state index contributed by atoms with van der Waals surface area (Å²) in [5.41, 5.74) is 0.338. The Kier molecular flexibility index (Phi) is 6.83. The van der Waals surface area contributed by atoms with Gasteiger partial charge in [-0.2, -0.15) is 0 Å². The maximum atomic E-state index is 11.6. The summed E-state index contributed by atoms with van der Waals surface area (Å²) in [6.45, 7) is 0.707. The quantitative estimate of drug-likeness (QED) is 0.418. The maximum Gasteiger partial charge on any atom is 0.313 e. The van der Waals surface area contributed by atoms with Crippen LogP contribution in [0, 0.1) is 0 Å². The lowest BCUT2D eigenvalue weighted by molar-refractivity contribution is -0.136. The van der Waals surface area contributed by atoms with Gasteiger partial charge >= 0.3 is 11.8 Å². The largest absolute Gasteiger partial charge is 0.359 e.